The molecule has 0 amide bonds. The Morgan fingerprint density at radius 1 is 1.73 bits per heavy atom. The SMILES string of the molecule is Cl.Nc1nc(/C(=N\OCF)C(=O)Cl)ns1. The lowest BCUT2D eigenvalue weighted by molar-refractivity contribution is -0.106. The van der Waals surface area contributed by atoms with E-state index in [1.54, 1.807) is 0 Å². The van der Waals surface area contributed by atoms with Crippen molar-refractivity contribution < 1.29 is 14.0 Å². The highest BCUT2D eigenvalue weighted by Gasteiger charge is 2.17. The van der Waals surface area contributed by atoms with Gasteiger partial charge in [-0.25, -0.2) is 4.39 Å². The minimum Gasteiger partial charge on any atom is -0.374 e. The van der Waals surface area contributed by atoms with Crippen LogP contribution >= 0.6 is 35.5 Å². The topological polar surface area (TPSA) is 90.5 Å². The molecule has 0 spiro atoms. The number of anilines is 1. The monoisotopic (exact) mass is 274 g/mol. The first-order chi connectivity index (χ1) is 6.65. The Kier molecular flexibility index (Phi) is 6.06. The van der Waals surface area contributed by atoms with Crippen LogP contribution in [0.15, 0.2) is 5.16 Å². The van der Waals surface area contributed by atoms with Crippen LogP contribution in [0.25, 0.3) is 0 Å². The first kappa shape index (κ1) is 14.0. The fourth-order valence-electron chi connectivity index (χ4n) is 0.585. The molecule has 1 aromatic heterocycles. The molecule has 0 bridgehead atoms. The van der Waals surface area contributed by atoms with Crippen LogP contribution in [-0.4, -0.2) is 27.2 Å². The van der Waals surface area contributed by atoms with Crippen LogP contribution in [0, 0.1) is 0 Å². The second-order valence-electron chi connectivity index (χ2n) is 1.91. The van der Waals surface area contributed by atoms with Crippen molar-refractivity contribution in [2.45, 2.75) is 0 Å². The van der Waals surface area contributed by atoms with Crippen molar-refractivity contribution in [2.24, 2.45) is 5.16 Å². The van der Waals surface area contributed by atoms with Crippen molar-refractivity contribution in [3.05, 3.63) is 5.82 Å². The van der Waals surface area contributed by atoms with Gasteiger partial charge in [0, 0.05) is 11.5 Å². The fraction of sp³-hybridized carbons (Fsp3) is 0.200. The van der Waals surface area contributed by atoms with E-state index in [2.05, 4.69) is 19.4 Å². The van der Waals surface area contributed by atoms with E-state index in [0.717, 1.165) is 11.5 Å². The van der Waals surface area contributed by atoms with Gasteiger partial charge in [0.2, 0.25) is 11.5 Å². The molecule has 0 aliphatic rings. The third kappa shape index (κ3) is 3.94. The van der Waals surface area contributed by atoms with Crippen LogP contribution in [0.2, 0.25) is 0 Å². The highest BCUT2D eigenvalue weighted by molar-refractivity contribution is 7.09. The zero-order valence-electron chi connectivity index (χ0n) is 7.02. The minimum absolute atomic E-state index is 0. The Bertz CT molecular complexity index is 372. The molecule has 0 atom stereocenters. The molecule has 0 fully saturated rings. The van der Waals surface area contributed by atoms with E-state index in [0.29, 0.717) is 0 Å². The number of nitrogen functional groups attached to an aromatic ring is 1. The fourth-order valence-corrected chi connectivity index (χ4v) is 1.14. The van der Waals surface area contributed by atoms with Crippen molar-refractivity contribution in [2.75, 3.05) is 12.6 Å². The van der Waals surface area contributed by atoms with Gasteiger partial charge in [-0.3, -0.25) is 4.79 Å². The molecular formula is C5H5Cl2FN4O2S. The molecule has 15 heavy (non-hydrogen) atoms. The molecule has 2 N–H and O–H groups in total. The lowest BCUT2D eigenvalue weighted by atomic mass is 10.4. The number of nitrogens with zero attached hydrogens (tertiary/aromatic N) is 3. The van der Waals surface area contributed by atoms with Gasteiger partial charge < -0.3 is 10.6 Å². The third-order valence-corrected chi connectivity index (χ3v) is 1.77. The highest BCUT2D eigenvalue weighted by Crippen LogP contribution is 2.08. The molecule has 0 aromatic carbocycles. The van der Waals surface area contributed by atoms with E-state index in [9.17, 15) is 9.18 Å². The number of rotatable bonds is 4. The summed E-state index contributed by atoms with van der Waals surface area (Å²) in [7, 11) is 0. The molecule has 84 valence electrons. The Hall–Kier alpha value is -0.990. The summed E-state index contributed by atoms with van der Waals surface area (Å²) in [5.74, 6) is -0.0825. The number of carbonyl (C=O) groups excluding carboxylic acids is 1. The Balaban J connectivity index is 0.00000196. The predicted molar refractivity (Wildman–Crippen MR) is 56.0 cm³/mol. The standard InChI is InChI=1S/C5H4ClFN4O2S.ClH/c6-3(12)2(10-13-1-7)4-9-5(8)14-11-4;/h1H2,(H2,8,9,11);1H/b10-2-;. The molecule has 0 saturated carbocycles. The van der Waals surface area contributed by atoms with Gasteiger partial charge in [-0.2, -0.15) is 9.36 Å². The number of nitrogens with two attached hydrogens (primary N) is 1. The average Bonchev–Trinajstić information content (AvgIpc) is 2.52. The number of oxime groups is 1. The van der Waals surface area contributed by atoms with Crippen molar-refractivity contribution >= 4 is 51.6 Å². The summed E-state index contributed by atoms with van der Waals surface area (Å²) in [6.07, 6.45) is 0. The van der Waals surface area contributed by atoms with E-state index in [4.69, 9.17) is 17.3 Å². The average molecular weight is 275 g/mol. The van der Waals surface area contributed by atoms with Crippen LogP contribution in [0.4, 0.5) is 9.52 Å². The van der Waals surface area contributed by atoms with Gasteiger partial charge in [-0.05, 0) is 11.6 Å². The first-order valence-corrected chi connectivity index (χ1v) is 4.35. The maximum Gasteiger partial charge on any atom is 0.278 e. The van der Waals surface area contributed by atoms with Crippen molar-refractivity contribution in [1.82, 2.24) is 9.36 Å². The van der Waals surface area contributed by atoms with Crippen molar-refractivity contribution in [1.29, 1.82) is 0 Å². The molecule has 0 radical (unpaired) electrons. The van der Waals surface area contributed by atoms with E-state index in [-0.39, 0.29) is 29.1 Å². The summed E-state index contributed by atoms with van der Waals surface area (Å²) < 4.78 is 15.2. The summed E-state index contributed by atoms with van der Waals surface area (Å²) in [4.78, 5) is 18.4. The van der Waals surface area contributed by atoms with Gasteiger partial charge in [0.25, 0.3) is 12.1 Å². The number of hydrogen-bond donors (Lipinski definition) is 1. The van der Waals surface area contributed by atoms with Crippen LogP contribution in [0.5, 0.6) is 0 Å². The molecule has 1 rings (SSSR count). The van der Waals surface area contributed by atoms with E-state index in [1.807, 2.05) is 0 Å². The van der Waals surface area contributed by atoms with Crippen LogP contribution in [-0.2, 0) is 9.63 Å². The molecule has 0 aliphatic carbocycles. The zero-order valence-corrected chi connectivity index (χ0v) is 9.40. The van der Waals surface area contributed by atoms with Crippen molar-refractivity contribution in [3.63, 3.8) is 0 Å². The second-order valence-corrected chi connectivity index (χ2v) is 3.03. The molecule has 0 saturated heterocycles. The maximum atomic E-state index is 11.6. The van der Waals surface area contributed by atoms with Crippen LogP contribution in [0.1, 0.15) is 5.82 Å². The largest absolute Gasteiger partial charge is 0.374 e. The lowest BCUT2D eigenvalue weighted by Crippen LogP contribution is -2.12. The second kappa shape index (κ2) is 6.49. The van der Waals surface area contributed by atoms with Gasteiger partial charge in [-0.1, -0.05) is 5.16 Å². The first-order valence-electron chi connectivity index (χ1n) is 3.20. The summed E-state index contributed by atoms with van der Waals surface area (Å²) in [6, 6.07) is 0. The highest BCUT2D eigenvalue weighted by atomic mass is 35.5. The van der Waals surface area contributed by atoms with Crippen LogP contribution < -0.4 is 5.73 Å². The number of carbonyl (C=O) groups is 1. The zero-order chi connectivity index (χ0) is 10.6. The molecule has 1 heterocycles. The van der Waals surface area contributed by atoms with Crippen LogP contribution in [0.3, 0.4) is 0 Å². The lowest BCUT2D eigenvalue weighted by Gasteiger charge is -1.93. The number of halogens is 3. The maximum absolute atomic E-state index is 11.6. The van der Waals surface area contributed by atoms with Gasteiger partial charge in [-0.15, -0.1) is 12.4 Å². The predicted octanol–water partition coefficient (Wildman–Crippen LogP) is 0.955. The number of aromatic nitrogens is 2. The molecule has 0 aliphatic heterocycles. The summed E-state index contributed by atoms with van der Waals surface area (Å²) in [5, 5.41) is 2.31. The smallest absolute Gasteiger partial charge is 0.278 e. The Morgan fingerprint density at radius 3 is 2.80 bits per heavy atom. The summed E-state index contributed by atoms with van der Waals surface area (Å²) >= 11 is 5.99. The number of hydrogen-bond acceptors (Lipinski definition) is 7. The van der Waals surface area contributed by atoms with Gasteiger partial charge in [0.1, 0.15) is 0 Å². The van der Waals surface area contributed by atoms with Gasteiger partial charge >= 0.3 is 0 Å². The third-order valence-electron chi connectivity index (χ3n) is 1.04. The molecule has 1 aromatic rings. The minimum atomic E-state index is -1.17. The van der Waals surface area contributed by atoms with E-state index >= 15 is 0 Å². The molecule has 0 unspecified atom stereocenters. The Morgan fingerprint density at radius 2 is 2.40 bits per heavy atom. The van der Waals surface area contributed by atoms with Gasteiger partial charge in [0.15, 0.2) is 5.13 Å². The summed E-state index contributed by atoms with van der Waals surface area (Å²) in [6.45, 7) is -1.17. The summed E-state index contributed by atoms with van der Waals surface area (Å²) in [5.41, 5.74) is 4.89. The van der Waals surface area contributed by atoms with Crippen molar-refractivity contribution in [3.8, 4) is 0 Å². The van der Waals surface area contributed by atoms with E-state index < -0.39 is 12.1 Å². The van der Waals surface area contributed by atoms with Gasteiger partial charge in [0.05, 0.1) is 0 Å². The Labute approximate surface area is 98.8 Å². The molecular weight excluding hydrogens is 270 g/mol. The molecule has 6 nitrogen and oxygen atoms in total. The quantitative estimate of drug-likeness (QED) is 0.502. The number of alkyl halides is 1. The normalized spacial score (nSPS) is 10.7. The molecule has 10 heteroatoms. The van der Waals surface area contributed by atoms with E-state index in [1.165, 1.54) is 0 Å².